The van der Waals surface area contributed by atoms with Gasteiger partial charge < -0.3 is 14.3 Å². The van der Waals surface area contributed by atoms with Crippen LogP contribution in [0.1, 0.15) is 27.7 Å². The molecule has 0 unspecified atom stereocenters. The maximum atomic E-state index is 12.4. The fourth-order valence-corrected chi connectivity index (χ4v) is 1.77. The Morgan fingerprint density at radius 2 is 1.50 bits per heavy atom. The second-order valence-corrected chi connectivity index (χ2v) is 6.09. The molecule has 6 heteroatoms. The molecule has 0 heterocycles. The van der Waals surface area contributed by atoms with Crippen LogP contribution in [0.4, 0.5) is 5.69 Å². The molecule has 1 N–H and O–H groups in total. The molecule has 1 rings (SSSR count). The van der Waals surface area contributed by atoms with Crippen molar-refractivity contribution in [2.75, 3.05) is 19.7 Å². The van der Waals surface area contributed by atoms with Crippen LogP contribution in [0.5, 0.6) is 5.75 Å². The number of methoxy groups -OCH3 is 2. The smallest absolute Gasteiger partial charge is 0.349 e. The van der Waals surface area contributed by atoms with Crippen LogP contribution in [0, 0.1) is 10.8 Å². The molecule has 0 spiro atoms. The Morgan fingerprint density at radius 3 is 1.91 bits per heavy atom. The van der Waals surface area contributed by atoms with Crippen LogP contribution in [-0.4, -0.2) is 26.2 Å². The summed E-state index contributed by atoms with van der Waals surface area (Å²) in [6.45, 7) is 6.84. The first-order valence-electron chi connectivity index (χ1n) is 6.86. The van der Waals surface area contributed by atoms with E-state index in [1.807, 2.05) is 0 Å². The third-order valence-electron chi connectivity index (χ3n) is 3.85. The monoisotopic (exact) mass is 309 g/mol. The average Bonchev–Trinajstić information content (AvgIpc) is 2.50. The van der Waals surface area contributed by atoms with Gasteiger partial charge in [0.1, 0.15) is 5.75 Å². The molecule has 1 aromatic carbocycles. The molecule has 0 aliphatic rings. The molecule has 6 nitrogen and oxygen atoms in total. The van der Waals surface area contributed by atoms with Gasteiger partial charge in [-0.25, -0.2) is 10.3 Å². The van der Waals surface area contributed by atoms with E-state index in [9.17, 15) is 9.59 Å². The van der Waals surface area contributed by atoms with Crippen LogP contribution in [-0.2, 0) is 19.2 Å². The molecule has 0 aliphatic carbocycles. The number of benzene rings is 1. The Balaban J connectivity index is 2.86. The third-order valence-corrected chi connectivity index (χ3v) is 3.85. The number of carbonyl (C=O) groups excluding carboxylic acids is 2. The molecule has 0 aromatic heterocycles. The van der Waals surface area contributed by atoms with Crippen molar-refractivity contribution in [3.05, 3.63) is 24.3 Å². The summed E-state index contributed by atoms with van der Waals surface area (Å²) in [5.74, 6) is -0.657. The first-order chi connectivity index (χ1) is 10.2. The fraction of sp³-hybridized carbons (Fsp3) is 0.500. The highest BCUT2D eigenvalue weighted by atomic mass is 16.7. The van der Waals surface area contributed by atoms with Crippen LogP contribution in [0.2, 0.25) is 0 Å². The SMILES string of the molecule is COC(=O)[C@@](C)(C(=O)ONc1ccc(OC)cc1)C(C)(C)C. The van der Waals surface area contributed by atoms with E-state index >= 15 is 0 Å². The summed E-state index contributed by atoms with van der Waals surface area (Å²) >= 11 is 0. The number of ether oxygens (including phenoxy) is 2. The standard InChI is InChI=1S/C16H23NO5/c1-15(2,3)16(4,13(18)21-6)14(19)22-17-11-7-9-12(20-5)10-8-11/h7-10,17H,1-6H3/t16-/m0/s1. The predicted molar refractivity (Wildman–Crippen MR) is 82.3 cm³/mol. The van der Waals surface area contributed by atoms with Crippen molar-refractivity contribution in [1.29, 1.82) is 0 Å². The Morgan fingerprint density at radius 1 is 0.955 bits per heavy atom. The molecule has 1 atom stereocenters. The van der Waals surface area contributed by atoms with Gasteiger partial charge in [-0.2, -0.15) is 0 Å². The summed E-state index contributed by atoms with van der Waals surface area (Å²) in [6, 6.07) is 6.83. The number of rotatable bonds is 5. The minimum atomic E-state index is -1.43. The van der Waals surface area contributed by atoms with E-state index in [1.54, 1.807) is 52.1 Å². The summed E-state index contributed by atoms with van der Waals surface area (Å²) < 4.78 is 9.80. The second-order valence-electron chi connectivity index (χ2n) is 6.09. The maximum Gasteiger partial charge on any atom is 0.349 e. The normalized spacial score (nSPS) is 13.7. The zero-order chi connectivity index (χ0) is 17.0. The highest BCUT2D eigenvalue weighted by Gasteiger charge is 2.53. The maximum absolute atomic E-state index is 12.4. The molecule has 0 fully saturated rings. The summed E-state index contributed by atoms with van der Waals surface area (Å²) in [5, 5.41) is 0. The van der Waals surface area contributed by atoms with E-state index in [4.69, 9.17) is 14.3 Å². The van der Waals surface area contributed by atoms with Crippen molar-refractivity contribution in [3.63, 3.8) is 0 Å². The first kappa shape index (κ1) is 17.8. The Bertz CT molecular complexity index is 532. The van der Waals surface area contributed by atoms with Crippen molar-refractivity contribution in [1.82, 2.24) is 0 Å². The van der Waals surface area contributed by atoms with Gasteiger partial charge in [-0.3, -0.25) is 4.79 Å². The number of carbonyl (C=O) groups is 2. The van der Waals surface area contributed by atoms with Gasteiger partial charge in [0.15, 0.2) is 5.41 Å². The topological polar surface area (TPSA) is 73.9 Å². The lowest BCUT2D eigenvalue weighted by Gasteiger charge is -2.36. The second kappa shape index (κ2) is 6.68. The van der Waals surface area contributed by atoms with Gasteiger partial charge >= 0.3 is 11.9 Å². The molecular formula is C16H23NO5. The summed E-state index contributed by atoms with van der Waals surface area (Å²) in [6.07, 6.45) is 0. The van der Waals surface area contributed by atoms with Gasteiger partial charge in [0.2, 0.25) is 0 Å². The van der Waals surface area contributed by atoms with E-state index in [0.29, 0.717) is 11.4 Å². The predicted octanol–water partition coefficient (Wildman–Crippen LogP) is 2.79. The van der Waals surface area contributed by atoms with Gasteiger partial charge in [0.25, 0.3) is 0 Å². The Labute approximate surface area is 130 Å². The van der Waals surface area contributed by atoms with E-state index in [0.717, 1.165) is 0 Å². The van der Waals surface area contributed by atoms with E-state index in [2.05, 4.69) is 5.48 Å². The first-order valence-corrected chi connectivity index (χ1v) is 6.86. The lowest BCUT2D eigenvalue weighted by Crippen LogP contribution is -2.49. The Hall–Kier alpha value is -2.24. The van der Waals surface area contributed by atoms with Gasteiger partial charge in [0, 0.05) is 0 Å². The highest BCUT2D eigenvalue weighted by Crippen LogP contribution is 2.40. The van der Waals surface area contributed by atoms with Crippen molar-refractivity contribution in [2.24, 2.45) is 10.8 Å². The molecule has 0 saturated carbocycles. The van der Waals surface area contributed by atoms with E-state index in [-0.39, 0.29) is 0 Å². The number of esters is 1. The van der Waals surface area contributed by atoms with Gasteiger partial charge in [-0.05, 0) is 36.6 Å². The average molecular weight is 309 g/mol. The van der Waals surface area contributed by atoms with Crippen molar-refractivity contribution >= 4 is 17.6 Å². The minimum absolute atomic E-state index is 0.565. The fourth-order valence-electron chi connectivity index (χ4n) is 1.77. The number of anilines is 1. The van der Waals surface area contributed by atoms with Crippen LogP contribution in [0.15, 0.2) is 24.3 Å². The zero-order valence-corrected chi connectivity index (χ0v) is 13.9. The van der Waals surface area contributed by atoms with Crippen molar-refractivity contribution < 1.29 is 23.9 Å². The molecule has 22 heavy (non-hydrogen) atoms. The summed E-state index contributed by atoms with van der Waals surface area (Å²) in [5.41, 5.74) is 1.01. The Kier molecular flexibility index (Phi) is 5.41. The summed E-state index contributed by atoms with van der Waals surface area (Å²) in [4.78, 5) is 29.5. The molecule has 0 saturated heterocycles. The van der Waals surface area contributed by atoms with E-state index in [1.165, 1.54) is 14.0 Å². The van der Waals surface area contributed by atoms with Crippen LogP contribution in [0.25, 0.3) is 0 Å². The van der Waals surface area contributed by atoms with Gasteiger partial charge in [0.05, 0.1) is 19.9 Å². The lowest BCUT2D eigenvalue weighted by atomic mass is 9.68. The third kappa shape index (κ3) is 3.50. The molecule has 122 valence electrons. The van der Waals surface area contributed by atoms with Crippen LogP contribution in [0.3, 0.4) is 0 Å². The molecule has 0 bridgehead atoms. The lowest BCUT2D eigenvalue weighted by molar-refractivity contribution is -0.176. The molecule has 1 aromatic rings. The molecule has 0 amide bonds. The largest absolute Gasteiger partial charge is 0.497 e. The quantitative estimate of drug-likeness (QED) is 0.512. The van der Waals surface area contributed by atoms with Gasteiger partial charge in [-0.15, -0.1) is 0 Å². The molecule has 0 aliphatic heterocycles. The van der Waals surface area contributed by atoms with Crippen molar-refractivity contribution in [3.8, 4) is 5.75 Å². The van der Waals surface area contributed by atoms with Crippen molar-refractivity contribution in [2.45, 2.75) is 27.7 Å². The highest BCUT2D eigenvalue weighted by molar-refractivity contribution is 6.00. The summed E-state index contributed by atoms with van der Waals surface area (Å²) in [7, 11) is 2.81. The number of nitrogens with one attached hydrogen (secondary N) is 1. The molecular weight excluding hydrogens is 286 g/mol. The number of hydrogen-bond acceptors (Lipinski definition) is 6. The minimum Gasteiger partial charge on any atom is -0.497 e. The molecule has 0 radical (unpaired) electrons. The van der Waals surface area contributed by atoms with Crippen LogP contribution >= 0.6 is 0 Å². The zero-order valence-electron chi connectivity index (χ0n) is 13.9. The van der Waals surface area contributed by atoms with Crippen LogP contribution < -0.4 is 10.2 Å². The number of hydrogen-bond donors (Lipinski definition) is 1. The van der Waals surface area contributed by atoms with Gasteiger partial charge in [-0.1, -0.05) is 20.8 Å². The van der Waals surface area contributed by atoms with E-state index < -0.39 is 22.8 Å².